The average molecular weight is 404 g/mol. The average Bonchev–Trinajstić information content (AvgIpc) is 2.56. The molecule has 2 rings (SSSR count). The van der Waals surface area contributed by atoms with E-state index in [0.717, 1.165) is 15.7 Å². The van der Waals surface area contributed by atoms with E-state index in [4.69, 9.17) is 4.74 Å². The number of benzene rings is 2. The van der Waals surface area contributed by atoms with Gasteiger partial charge in [0, 0.05) is 24.3 Å². The molecule has 0 aliphatic carbocycles. The summed E-state index contributed by atoms with van der Waals surface area (Å²) in [6.45, 7) is 3.83. The van der Waals surface area contributed by atoms with Gasteiger partial charge in [0.15, 0.2) is 0 Å². The minimum absolute atomic E-state index is 0.0218. The molecule has 0 bridgehead atoms. The second-order valence-electron chi connectivity index (χ2n) is 5.99. The van der Waals surface area contributed by atoms with Crippen molar-refractivity contribution in [3.63, 3.8) is 0 Å². The molecule has 0 heterocycles. The number of nitrogens with one attached hydrogen (secondary N) is 1. The Kier molecular flexibility index (Phi) is 6.58. The summed E-state index contributed by atoms with van der Waals surface area (Å²) < 4.78 is 6.49. The fourth-order valence-corrected chi connectivity index (χ4v) is 2.48. The van der Waals surface area contributed by atoms with Gasteiger partial charge in [0.1, 0.15) is 5.75 Å². The lowest BCUT2D eigenvalue weighted by molar-refractivity contribution is 0.0949. The molecule has 0 aliphatic rings. The van der Waals surface area contributed by atoms with E-state index >= 15 is 0 Å². The molecule has 0 aromatic heterocycles. The van der Waals surface area contributed by atoms with Crippen molar-refractivity contribution in [3.8, 4) is 5.75 Å². The van der Waals surface area contributed by atoms with Crippen LogP contribution < -0.4 is 15.1 Å². The lowest BCUT2D eigenvalue weighted by Gasteiger charge is -2.13. The molecule has 2 aromatic carbocycles. The third kappa shape index (κ3) is 5.60. The Morgan fingerprint density at radius 2 is 1.88 bits per heavy atom. The first-order chi connectivity index (χ1) is 11.9. The zero-order chi connectivity index (χ0) is 18.4. The van der Waals surface area contributed by atoms with Crippen LogP contribution in [-0.4, -0.2) is 32.3 Å². The SMILES string of the molecule is CC(C)Oc1ccc(Br)cc1C(=O)N/N=C\c1ccc(N(C)C)cc1. The number of anilines is 1. The van der Waals surface area contributed by atoms with E-state index in [2.05, 4.69) is 26.5 Å². The summed E-state index contributed by atoms with van der Waals surface area (Å²) in [6, 6.07) is 13.2. The summed E-state index contributed by atoms with van der Waals surface area (Å²) in [5.41, 5.74) is 4.98. The van der Waals surface area contributed by atoms with Crippen LogP contribution in [-0.2, 0) is 0 Å². The van der Waals surface area contributed by atoms with Crippen LogP contribution in [0.2, 0.25) is 0 Å². The van der Waals surface area contributed by atoms with Crippen LogP contribution >= 0.6 is 15.9 Å². The number of rotatable bonds is 6. The number of ether oxygens (including phenoxy) is 1. The molecule has 1 amide bonds. The Morgan fingerprint density at radius 1 is 1.20 bits per heavy atom. The quantitative estimate of drug-likeness (QED) is 0.584. The van der Waals surface area contributed by atoms with E-state index < -0.39 is 0 Å². The monoisotopic (exact) mass is 403 g/mol. The summed E-state index contributed by atoms with van der Waals surface area (Å²) >= 11 is 3.38. The largest absolute Gasteiger partial charge is 0.490 e. The van der Waals surface area contributed by atoms with Crippen molar-refractivity contribution in [2.45, 2.75) is 20.0 Å². The number of amides is 1. The Bertz CT molecular complexity index is 756. The second kappa shape index (κ2) is 8.67. The fourth-order valence-electron chi connectivity index (χ4n) is 2.12. The lowest BCUT2D eigenvalue weighted by atomic mass is 10.2. The van der Waals surface area contributed by atoms with Gasteiger partial charge in [-0.2, -0.15) is 5.10 Å². The molecule has 5 nitrogen and oxygen atoms in total. The summed E-state index contributed by atoms with van der Waals surface area (Å²) in [7, 11) is 3.97. The predicted octanol–water partition coefficient (Wildman–Crippen LogP) is 4.07. The highest BCUT2D eigenvalue weighted by Crippen LogP contribution is 2.24. The fraction of sp³-hybridized carbons (Fsp3) is 0.263. The first-order valence-corrected chi connectivity index (χ1v) is 8.73. The van der Waals surface area contributed by atoms with Crippen LogP contribution in [0.15, 0.2) is 52.0 Å². The molecular weight excluding hydrogens is 382 g/mol. The molecule has 0 saturated carbocycles. The van der Waals surface area contributed by atoms with Gasteiger partial charge in [0.05, 0.1) is 17.9 Å². The summed E-state index contributed by atoms with van der Waals surface area (Å²) in [5.74, 6) is 0.208. The molecule has 0 spiro atoms. The Labute approximate surface area is 156 Å². The number of hydrogen-bond donors (Lipinski definition) is 1. The first-order valence-electron chi connectivity index (χ1n) is 7.94. The maximum absolute atomic E-state index is 12.4. The molecule has 0 unspecified atom stereocenters. The van der Waals surface area contributed by atoms with Gasteiger partial charge in [0.2, 0.25) is 0 Å². The maximum atomic E-state index is 12.4. The first kappa shape index (κ1) is 19.0. The zero-order valence-corrected chi connectivity index (χ0v) is 16.4. The summed E-state index contributed by atoms with van der Waals surface area (Å²) in [5, 5.41) is 4.03. The summed E-state index contributed by atoms with van der Waals surface area (Å²) in [6.07, 6.45) is 1.59. The van der Waals surface area contributed by atoms with Crippen molar-refractivity contribution in [2.24, 2.45) is 5.10 Å². The van der Waals surface area contributed by atoms with Crippen molar-refractivity contribution in [3.05, 3.63) is 58.1 Å². The van der Waals surface area contributed by atoms with Crippen LogP contribution in [0, 0.1) is 0 Å². The highest BCUT2D eigenvalue weighted by molar-refractivity contribution is 9.10. The van der Waals surface area contributed by atoms with Gasteiger partial charge in [0.25, 0.3) is 5.91 Å². The van der Waals surface area contributed by atoms with E-state index in [9.17, 15) is 4.79 Å². The third-order valence-corrected chi connectivity index (χ3v) is 3.83. The number of carbonyl (C=O) groups is 1. The minimum atomic E-state index is -0.321. The van der Waals surface area contributed by atoms with Gasteiger partial charge in [-0.15, -0.1) is 0 Å². The van der Waals surface area contributed by atoms with Gasteiger partial charge in [-0.05, 0) is 49.7 Å². The molecule has 25 heavy (non-hydrogen) atoms. The highest BCUT2D eigenvalue weighted by atomic mass is 79.9. The van der Waals surface area contributed by atoms with Gasteiger partial charge in [-0.3, -0.25) is 4.79 Å². The number of nitrogens with zero attached hydrogens (tertiary/aromatic N) is 2. The van der Waals surface area contributed by atoms with Crippen LogP contribution in [0.1, 0.15) is 29.8 Å². The van der Waals surface area contributed by atoms with Crippen molar-refractivity contribution in [2.75, 3.05) is 19.0 Å². The van der Waals surface area contributed by atoms with E-state index in [0.29, 0.717) is 11.3 Å². The van der Waals surface area contributed by atoms with E-state index in [1.165, 1.54) is 0 Å². The van der Waals surface area contributed by atoms with Gasteiger partial charge < -0.3 is 9.64 Å². The van der Waals surface area contributed by atoms with Crippen LogP contribution in [0.4, 0.5) is 5.69 Å². The molecule has 0 radical (unpaired) electrons. The van der Waals surface area contributed by atoms with E-state index in [1.54, 1.807) is 18.3 Å². The van der Waals surface area contributed by atoms with Gasteiger partial charge >= 0.3 is 0 Å². The smallest absolute Gasteiger partial charge is 0.275 e. The normalized spacial score (nSPS) is 11.0. The Morgan fingerprint density at radius 3 is 2.48 bits per heavy atom. The number of hydrogen-bond acceptors (Lipinski definition) is 4. The van der Waals surface area contributed by atoms with Crippen LogP contribution in [0.25, 0.3) is 0 Å². The van der Waals surface area contributed by atoms with Gasteiger partial charge in [-0.1, -0.05) is 28.1 Å². The van der Waals surface area contributed by atoms with Crippen LogP contribution in [0.3, 0.4) is 0 Å². The topological polar surface area (TPSA) is 53.9 Å². The molecule has 0 aliphatic heterocycles. The molecule has 1 N–H and O–H groups in total. The minimum Gasteiger partial charge on any atom is -0.490 e. The standard InChI is InChI=1S/C19H22BrN3O2/c1-13(2)25-18-10-7-15(20)11-17(18)19(24)22-21-12-14-5-8-16(9-6-14)23(3)4/h5-13H,1-4H3,(H,22,24)/b21-12-. The molecule has 132 valence electrons. The van der Waals surface area contributed by atoms with Crippen LogP contribution in [0.5, 0.6) is 5.75 Å². The zero-order valence-electron chi connectivity index (χ0n) is 14.8. The maximum Gasteiger partial charge on any atom is 0.275 e. The predicted molar refractivity (Wildman–Crippen MR) is 106 cm³/mol. The number of carbonyl (C=O) groups excluding carboxylic acids is 1. The molecular formula is C19H22BrN3O2. The second-order valence-corrected chi connectivity index (χ2v) is 6.91. The molecule has 0 fully saturated rings. The van der Waals surface area contributed by atoms with E-state index in [-0.39, 0.29) is 12.0 Å². The highest BCUT2D eigenvalue weighted by Gasteiger charge is 2.13. The third-order valence-electron chi connectivity index (χ3n) is 3.34. The van der Waals surface area contributed by atoms with E-state index in [1.807, 2.05) is 63.2 Å². The summed E-state index contributed by atoms with van der Waals surface area (Å²) in [4.78, 5) is 14.4. The molecule has 2 aromatic rings. The number of hydrazone groups is 1. The van der Waals surface area contributed by atoms with Crippen molar-refractivity contribution in [1.29, 1.82) is 0 Å². The Balaban J connectivity index is 2.08. The molecule has 6 heteroatoms. The van der Waals surface area contributed by atoms with Crippen molar-refractivity contribution < 1.29 is 9.53 Å². The molecule has 0 saturated heterocycles. The van der Waals surface area contributed by atoms with Crippen molar-refractivity contribution >= 4 is 33.7 Å². The van der Waals surface area contributed by atoms with Crippen molar-refractivity contribution in [1.82, 2.24) is 5.43 Å². The molecule has 0 atom stereocenters. The number of halogens is 1. The van der Waals surface area contributed by atoms with Gasteiger partial charge in [-0.25, -0.2) is 5.43 Å². The Hall–Kier alpha value is -2.34. The lowest BCUT2D eigenvalue weighted by Crippen LogP contribution is -2.20.